The zero-order valence-corrected chi connectivity index (χ0v) is 10.2. The van der Waals surface area contributed by atoms with E-state index in [1.54, 1.807) is 0 Å². The Morgan fingerprint density at radius 1 is 1.31 bits per heavy atom. The molecule has 1 aromatic carbocycles. The van der Waals surface area contributed by atoms with Crippen molar-refractivity contribution in [2.24, 2.45) is 4.99 Å². The van der Waals surface area contributed by atoms with Gasteiger partial charge >= 0.3 is 5.17 Å². The summed E-state index contributed by atoms with van der Waals surface area (Å²) >= 11 is 1.89. The monoisotopic (exact) mass is 231 g/mol. The fourth-order valence-corrected chi connectivity index (χ4v) is 3.52. The van der Waals surface area contributed by atoms with Crippen molar-refractivity contribution in [3.8, 4) is 0 Å². The van der Waals surface area contributed by atoms with Gasteiger partial charge in [0.2, 0.25) is 0 Å². The van der Waals surface area contributed by atoms with E-state index in [0.717, 1.165) is 13.1 Å². The minimum absolute atomic E-state index is 0.527. The quantitative estimate of drug-likeness (QED) is 0.677. The molecule has 0 saturated heterocycles. The molecule has 0 fully saturated rings. The topological polar surface area (TPSA) is 15.4 Å². The zero-order valence-electron chi connectivity index (χ0n) is 9.39. The number of benzene rings is 1. The predicted molar refractivity (Wildman–Crippen MR) is 69.7 cm³/mol. The van der Waals surface area contributed by atoms with Crippen LogP contribution in [0.1, 0.15) is 18.9 Å². The lowest BCUT2D eigenvalue weighted by molar-refractivity contribution is -0.405. The van der Waals surface area contributed by atoms with Crippen LogP contribution in [0.25, 0.3) is 0 Å². The molecule has 82 valence electrons. The lowest BCUT2D eigenvalue weighted by Gasteiger charge is -2.08. The SMILES string of the molecule is CC1SC2=NCCC[N+]2=C1c1ccccc1. The van der Waals surface area contributed by atoms with Gasteiger partial charge in [-0.25, -0.2) is 4.58 Å². The Balaban J connectivity index is 2.11. The summed E-state index contributed by atoms with van der Waals surface area (Å²) in [5.41, 5.74) is 2.78. The molecule has 1 aromatic rings. The first-order chi connectivity index (χ1) is 7.86. The fourth-order valence-electron chi connectivity index (χ4n) is 2.34. The molecule has 3 rings (SSSR count). The molecule has 0 aromatic heterocycles. The highest BCUT2D eigenvalue weighted by atomic mass is 32.2. The van der Waals surface area contributed by atoms with Crippen LogP contribution in [-0.2, 0) is 0 Å². The lowest BCUT2D eigenvalue weighted by atomic mass is 10.1. The second-order valence-corrected chi connectivity index (χ2v) is 5.49. The van der Waals surface area contributed by atoms with E-state index in [1.165, 1.54) is 22.9 Å². The van der Waals surface area contributed by atoms with E-state index >= 15 is 0 Å². The summed E-state index contributed by atoms with van der Waals surface area (Å²) in [6.07, 6.45) is 1.17. The molecule has 0 amide bonds. The Labute approximate surface area is 100 Å². The number of rotatable bonds is 1. The van der Waals surface area contributed by atoms with Crippen LogP contribution in [0.3, 0.4) is 0 Å². The first-order valence-electron chi connectivity index (χ1n) is 5.77. The molecule has 0 radical (unpaired) electrons. The molecular weight excluding hydrogens is 216 g/mol. The van der Waals surface area contributed by atoms with Crippen molar-refractivity contribution in [1.82, 2.24) is 0 Å². The average Bonchev–Trinajstić information content (AvgIpc) is 2.66. The molecule has 2 nitrogen and oxygen atoms in total. The van der Waals surface area contributed by atoms with Gasteiger partial charge in [0, 0.05) is 12.0 Å². The van der Waals surface area contributed by atoms with Gasteiger partial charge in [-0.15, -0.1) is 0 Å². The van der Waals surface area contributed by atoms with Crippen LogP contribution < -0.4 is 0 Å². The summed E-state index contributed by atoms with van der Waals surface area (Å²) in [5, 5.41) is 1.75. The van der Waals surface area contributed by atoms with Crippen LogP contribution in [-0.4, -0.2) is 33.8 Å². The number of hydrogen-bond acceptors (Lipinski definition) is 2. The highest BCUT2D eigenvalue weighted by Gasteiger charge is 2.37. The maximum Gasteiger partial charge on any atom is 0.354 e. The molecule has 0 aliphatic carbocycles. The molecule has 0 bridgehead atoms. The van der Waals surface area contributed by atoms with E-state index in [4.69, 9.17) is 0 Å². The normalized spacial score (nSPS) is 24.3. The average molecular weight is 231 g/mol. The molecule has 16 heavy (non-hydrogen) atoms. The minimum Gasteiger partial charge on any atom is -0.221 e. The smallest absolute Gasteiger partial charge is 0.221 e. The first kappa shape index (κ1) is 10.1. The number of hydrogen-bond donors (Lipinski definition) is 0. The molecule has 1 unspecified atom stereocenters. The van der Waals surface area contributed by atoms with Crippen LogP contribution >= 0.6 is 11.8 Å². The van der Waals surface area contributed by atoms with E-state index < -0.39 is 0 Å². The van der Waals surface area contributed by atoms with Crippen LogP contribution in [0.15, 0.2) is 35.3 Å². The number of nitrogens with zero attached hydrogens (tertiary/aromatic N) is 2. The van der Waals surface area contributed by atoms with Gasteiger partial charge in [0.1, 0.15) is 12.3 Å². The first-order valence-corrected chi connectivity index (χ1v) is 6.65. The Bertz CT molecular complexity index is 462. The summed E-state index contributed by atoms with van der Waals surface area (Å²) in [4.78, 5) is 4.60. The molecule has 3 heteroatoms. The second kappa shape index (κ2) is 4.06. The van der Waals surface area contributed by atoms with Gasteiger partial charge in [0.05, 0.1) is 11.8 Å². The molecule has 0 N–H and O–H groups in total. The number of amidine groups is 1. The van der Waals surface area contributed by atoms with Crippen molar-refractivity contribution >= 4 is 22.6 Å². The fraction of sp³-hybridized carbons (Fsp3) is 0.385. The van der Waals surface area contributed by atoms with E-state index in [1.807, 2.05) is 11.8 Å². The summed E-state index contributed by atoms with van der Waals surface area (Å²) in [6.45, 7) is 4.39. The Hall–Kier alpha value is -1.09. The summed E-state index contributed by atoms with van der Waals surface area (Å²) in [7, 11) is 0. The summed E-state index contributed by atoms with van der Waals surface area (Å²) in [6, 6.07) is 10.7. The predicted octanol–water partition coefficient (Wildman–Crippen LogP) is 2.38. The Kier molecular flexibility index (Phi) is 2.56. The minimum atomic E-state index is 0.527. The maximum absolute atomic E-state index is 4.60. The third-order valence-corrected chi connectivity index (χ3v) is 4.18. The maximum atomic E-state index is 4.60. The molecule has 0 spiro atoms. The third-order valence-electron chi connectivity index (χ3n) is 3.05. The highest BCUT2D eigenvalue weighted by Crippen LogP contribution is 2.28. The summed E-state index contributed by atoms with van der Waals surface area (Å²) in [5.74, 6) is 0. The van der Waals surface area contributed by atoms with Crippen molar-refractivity contribution in [1.29, 1.82) is 0 Å². The number of aliphatic imine (C=N–C) groups is 1. The van der Waals surface area contributed by atoms with Gasteiger partial charge in [0.15, 0.2) is 0 Å². The van der Waals surface area contributed by atoms with Crippen molar-refractivity contribution < 1.29 is 4.58 Å². The van der Waals surface area contributed by atoms with E-state index in [9.17, 15) is 0 Å². The Morgan fingerprint density at radius 2 is 2.12 bits per heavy atom. The standard InChI is InChI=1S/C13H15N2S/c1-10-12(11-6-3-2-4-7-11)15-9-5-8-14-13(15)16-10/h2-4,6-7,10H,5,8-9H2,1H3/q+1. The zero-order chi connectivity index (χ0) is 11.0. The van der Waals surface area contributed by atoms with Gasteiger partial charge < -0.3 is 0 Å². The molecule has 2 aliphatic rings. The van der Waals surface area contributed by atoms with Crippen LogP contribution in [0.2, 0.25) is 0 Å². The third kappa shape index (κ3) is 1.59. The molecule has 2 heterocycles. The van der Waals surface area contributed by atoms with Gasteiger partial charge in [-0.3, -0.25) is 0 Å². The lowest BCUT2D eigenvalue weighted by Crippen LogP contribution is -2.27. The van der Waals surface area contributed by atoms with E-state index in [-0.39, 0.29) is 0 Å². The van der Waals surface area contributed by atoms with Crippen LogP contribution in [0.5, 0.6) is 0 Å². The molecule has 0 saturated carbocycles. The van der Waals surface area contributed by atoms with Crippen LogP contribution in [0.4, 0.5) is 0 Å². The Morgan fingerprint density at radius 3 is 2.94 bits per heavy atom. The van der Waals surface area contributed by atoms with Gasteiger partial charge in [-0.05, 0) is 18.7 Å². The number of thioether (sulfide) groups is 1. The van der Waals surface area contributed by atoms with Gasteiger partial charge in [-0.2, -0.15) is 0 Å². The molecular formula is C13H15N2S+. The van der Waals surface area contributed by atoms with Crippen molar-refractivity contribution in [3.63, 3.8) is 0 Å². The second-order valence-electron chi connectivity index (χ2n) is 4.18. The molecule has 2 aliphatic heterocycles. The summed E-state index contributed by atoms with van der Waals surface area (Å²) < 4.78 is 2.40. The van der Waals surface area contributed by atoms with E-state index in [2.05, 4.69) is 46.8 Å². The van der Waals surface area contributed by atoms with Crippen molar-refractivity contribution in [3.05, 3.63) is 35.9 Å². The van der Waals surface area contributed by atoms with E-state index in [0.29, 0.717) is 5.25 Å². The highest BCUT2D eigenvalue weighted by molar-refractivity contribution is 8.14. The van der Waals surface area contributed by atoms with Crippen molar-refractivity contribution in [2.75, 3.05) is 13.1 Å². The molecule has 1 atom stereocenters. The van der Waals surface area contributed by atoms with Gasteiger partial charge in [-0.1, -0.05) is 35.3 Å². The van der Waals surface area contributed by atoms with Crippen LogP contribution in [0, 0.1) is 0 Å². The number of fused-ring (bicyclic) bond motifs is 1. The van der Waals surface area contributed by atoms with Gasteiger partial charge in [0.25, 0.3) is 0 Å². The largest absolute Gasteiger partial charge is 0.354 e. The van der Waals surface area contributed by atoms with Crippen molar-refractivity contribution in [2.45, 2.75) is 18.6 Å².